The Labute approximate surface area is 181 Å². The number of hydrogen-bond acceptors (Lipinski definition) is 5. The molecule has 0 bridgehead atoms. The van der Waals surface area contributed by atoms with E-state index in [2.05, 4.69) is 10.3 Å². The minimum Gasteiger partial charge on any atom is -0.467 e. The largest absolute Gasteiger partial charge is 0.467 e. The number of para-hydroxylation sites is 1. The lowest BCUT2D eigenvalue weighted by molar-refractivity contribution is -0.118. The second-order valence-electron chi connectivity index (χ2n) is 6.58. The van der Waals surface area contributed by atoms with E-state index in [0.29, 0.717) is 33.4 Å². The Morgan fingerprint density at radius 3 is 2.80 bits per heavy atom. The summed E-state index contributed by atoms with van der Waals surface area (Å²) in [6, 6.07) is 18.1. The third kappa shape index (κ3) is 4.75. The predicted molar refractivity (Wildman–Crippen MR) is 118 cm³/mol. The Morgan fingerprint density at radius 1 is 1.13 bits per heavy atom. The van der Waals surface area contributed by atoms with Gasteiger partial charge in [-0.3, -0.25) is 14.2 Å². The van der Waals surface area contributed by atoms with Crippen LogP contribution in [-0.4, -0.2) is 21.2 Å². The average molecular weight is 440 g/mol. The summed E-state index contributed by atoms with van der Waals surface area (Å²) in [5.74, 6) is 0.608. The number of thioether (sulfide) groups is 1. The number of aromatic nitrogens is 2. The van der Waals surface area contributed by atoms with E-state index in [1.807, 2.05) is 18.2 Å². The fourth-order valence-corrected chi connectivity index (χ4v) is 4.03. The second-order valence-corrected chi connectivity index (χ2v) is 7.96. The molecule has 2 aromatic carbocycles. The van der Waals surface area contributed by atoms with Gasteiger partial charge in [0.1, 0.15) is 5.76 Å². The molecule has 0 saturated heterocycles. The summed E-state index contributed by atoms with van der Waals surface area (Å²) in [5.41, 5.74) is 1.35. The molecule has 0 radical (unpaired) electrons. The third-order valence-electron chi connectivity index (χ3n) is 4.43. The Balaban J connectivity index is 1.52. The van der Waals surface area contributed by atoms with Crippen molar-refractivity contribution in [2.45, 2.75) is 18.2 Å². The van der Waals surface area contributed by atoms with Crippen molar-refractivity contribution in [2.24, 2.45) is 0 Å². The first-order valence-electron chi connectivity index (χ1n) is 9.26. The molecule has 2 heterocycles. The van der Waals surface area contributed by atoms with Gasteiger partial charge in [-0.05, 0) is 42.0 Å². The van der Waals surface area contributed by atoms with E-state index in [0.717, 1.165) is 5.56 Å². The van der Waals surface area contributed by atoms with Crippen molar-refractivity contribution in [2.75, 3.05) is 5.75 Å². The van der Waals surface area contributed by atoms with Crippen LogP contribution < -0.4 is 10.9 Å². The minimum atomic E-state index is -0.168. The Kier molecular flexibility index (Phi) is 6.21. The molecular formula is C22H18ClN3O3S. The molecule has 2 aromatic heterocycles. The molecule has 0 aliphatic heterocycles. The molecule has 30 heavy (non-hydrogen) atoms. The highest BCUT2D eigenvalue weighted by atomic mass is 35.5. The monoisotopic (exact) mass is 439 g/mol. The molecule has 0 saturated carbocycles. The molecular weight excluding hydrogens is 422 g/mol. The molecule has 0 atom stereocenters. The van der Waals surface area contributed by atoms with Crippen LogP contribution in [0.3, 0.4) is 0 Å². The topological polar surface area (TPSA) is 77.1 Å². The summed E-state index contributed by atoms with van der Waals surface area (Å²) in [7, 11) is 0. The summed E-state index contributed by atoms with van der Waals surface area (Å²) in [6.45, 7) is 0.625. The number of carbonyl (C=O) groups excluding carboxylic acids is 1. The van der Waals surface area contributed by atoms with Gasteiger partial charge in [0, 0.05) is 11.6 Å². The standard InChI is InChI=1S/C22H18ClN3O3S/c23-16-6-3-5-15(11-16)12-24-20(27)14-30-22-25-19-9-2-1-8-18(19)21(28)26(22)13-17-7-4-10-29-17/h1-11H,12-14H2,(H,24,27). The van der Waals surface area contributed by atoms with Gasteiger partial charge in [0.15, 0.2) is 5.16 Å². The summed E-state index contributed by atoms with van der Waals surface area (Å²) < 4.78 is 6.93. The molecule has 0 aliphatic carbocycles. The van der Waals surface area contributed by atoms with Crippen molar-refractivity contribution in [1.82, 2.24) is 14.9 Å². The Hall–Kier alpha value is -3.03. The summed E-state index contributed by atoms with van der Waals surface area (Å²) in [5, 5.41) is 4.48. The first-order chi connectivity index (χ1) is 14.6. The van der Waals surface area contributed by atoms with Gasteiger partial charge < -0.3 is 9.73 Å². The van der Waals surface area contributed by atoms with Crippen LogP contribution in [0.4, 0.5) is 0 Å². The van der Waals surface area contributed by atoms with Crippen LogP contribution in [0, 0.1) is 0 Å². The van der Waals surface area contributed by atoms with Crippen molar-refractivity contribution in [3.8, 4) is 0 Å². The Bertz CT molecular complexity index is 1240. The van der Waals surface area contributed by atoms with E-state index < -0.39 is 0 Å². The Morgan fingerprint density at radius 2 is 2.00 bits per heavy atom. The second kappa shape index (κ2) is 9.19. The molecule has 1 amide bonds. The molecule has 0 fully saturated rings. The van der Waals surface area contributed by atoms with E-state index in [9.17, 15) is 9.59 Å². The first kappa shape index (κ1) is 20.3. The number of benzene rings is 2. The molecule has 4 aromatic rings. The lowest BCUT2D eigenvalue weighted by Crippen LogP contribution is -2.27. The number of carbonyl (C=O) groups is 1. The average Bonchev–Trinajstić information content (AvgIpc) is 3.26. The summed E-state index contributed by atoms with van der Waals surface area (Å²) >= 11 is 7.19. The van der Waals surface area contributed by atoms with E-state index in [1.54, 1.807) is 48.7 Å². The number of fused-ring (bicyclic) bond motifs is 1. The van der Waals surface area contributed by atoms with E-state index in [1.165, 1.54) is 16.3 Å². The van der Waals surface area contributed by atoms with Crippen molar-refractivity contribution in [3.05, 3.63) is 93.6 Å². The minimum absolute atomic E-state index is 0.128. The lowest BCUT2D eigenvalue weighted by atomic mass is 10.2. The quantitative estimate of drug-likeness (QED) is 0.346. The van der Waals surface area contributed by atoms with Gasteiger partial charge in [0.05, 0.1) is 29.5 Å². The van der Waals surface area contributed by atoms with Gasteiger partial charge in [-0.25, -0.2) is 4.98 Å². The molecule has 0 aliphatic rings. The third-order valence-corrected chi connectivity index (χ3v) is 5.64. The SMILES string of the molecule is O=C(CSc1nc2ccccc2c(=O)n1Cc1ccco1)NCc1cccc(Cl)c1. The molecule has 1 N–H and O–H groups in total. The highest BCUT2D eigenvalue weighted by Gasteiger charge is 2.14. The maximum atomic E-state index is 13.0. The zero-order chi connectivity index (χ0) is 20.9. The van der Waals surface area contributed by atoms with E-state index in [4.69, 9.17) is 16.0 Å². The highest BCUT2D eigenvalue weighted by Crippen LogP contribution is 2.19. The number of rotatable bonds is 7. The molecule has 152 valence electrons. The predicted octanol–water partition coefficient (Wildman–Crippen LogP) is 4.10. The normalized spacial score (nSPS) is 11.0. The van der Waals surface area contributed by atoms with E-state index in [-0.39, 0.29) is 23.8 Å². The maximum Gasteiger partial charge on any atom is 0.262 e. The van der Waals surface area contributed by atoms with Crippen molar-refractivity contribution >= 4 is 40.2 Å². The number of nitrogens with one attached hydrogen (secondary N) is 1. The molecule has 4 rings (SSSR count). The zero-order valence-corrected chi connectivity index (χ0v) is 17.4. The van der Waals surface area contributed by atoms with Crippen LogP contribution in [0.25, 0.3) is 10.9 Å². The van der Waals surface area contributed by atoms with Gasteiger partial charge >= 0.3 is 0 Å². The number of amides is 1. The first-order valence-corrected chi connectivity index (χ1v) is 10.6. The summed E-state index contributed by atoms with van der Waals surface area (Å²) in [6.07, 6.45) is 1.56. The van der Waals surface area contributed by atoms with Crippen molar-refractivity contribution in [1.29, 1.82) is 0 Å². The van der Waals surface area contributed by atoms with Crippen LogP contribution >= 0.6 is 23.4 Å². The molecule has 0 unspecified atom stereocenters. The van der Waals surface area contributed by atoms with Crippen molar-refractivity contribution in [3.63, 3.8) is 0 Å². The zero-order valence-electron chi connectivity index (χ0n) is 15.9. The van der Waals surface area contributed by atoms with Crippen LogP contribution in [0.5, 0.6) is 0 Å². The molecule has 8 heteroatoms. The number of halogens is 1. The van der Waals surface area contributed by atoms with Gasteiger partial charge in [0.25, 0.3) is 5.56 Å². The highest BCUT2D eigenvalue weighted by molar-refractivity contribution is 7.99. The van der Waals surface area contributed by atoms with Gasteiger partial charge in [-0.15, -0.1) is 0 Å². The van der Waals surface area contributed by atoms with Crippen LogP contribution in [-0.2, 0) is 17.9 Å². The number of nitrogens with zero attached hydrogens (tertiary/aromatic N) is 2. The number of furan rings is 1. The smallest absolute Gasteiger partial charge is 0.262 e. The van der Waals surface area contributed by atoms with Gasteiger partial charge in [-0.1, -0.05) is 47.6 Å². The van der Waals surface area contributed by atoms with Crippen LogP contribution in [0.2, 0.25) is 5.02 Å². The molecule has 6 nitrogen and oxygen atoms in total. The maximum absolute atomic E-state index is 13.0. The molecule has 0 spiro atoms. The lowest BCUT2D eigenvalue weighted by Gasteiger charge is -2.12. The van der Waals surface area contributed by atoms with E-state index >= 15 is 0 Å². The fourth-order valence-electron chi connectivity index (χ4n) is 2.98. The van der Waals surface area contributed by atoms with Crippen molar-refractivity contribution < 1.29 is 9.21 Å². The number of hydrogen-bond donors (Lipinski definition) is 1. The van der Waals surface area contributed by atoms with Crippen LogP contribution in [0.15, 0.2) is 81.3 Å². The van der Waals surface area contributed by atoms with Gasteiger partial charge in [0.2, 0.25) is 5.91 Å². The fraction of sp³-hybridized carbons (Fsp3) is 0.136. The van der Waals surface area contributed by atoms with Gasteiger partial charge in [-0.2, -0.15) is 0 Å². The van der Waals surface area contributed by atoms with Crippen LogP contribution in [0.1, 0.15) is 11.3 Å². The summed E-state index contributed by atoms with van der Waals surface area (Å²) in [4.78, 5) is 30.0.